The highest BCUT2D eigenvalue weighted by atomic mass is 16.4. The third-order valence-electron chi connectivity index (χ3n) is 1.51. The van der Waals surface area contributed by atoms with Gasteiger partial charge in [0.1, 0.15) is 0 Å². The minimum Gasteiger partial charge on any atom is -0.427 e. The molecule has 3 heteroatoms. The zero-order valence-electron chi connectivity index (χ0n) is 6.32. The number of hydrogen-bond acceptors (Lipinski definition) is 1. The summed E-state index contributed by atoms with van der Waals surface area (Å²) in [4.78, 5) is 10.5. The molecule has 0 saturated heterocycles. The molecular formula is C8H10NO2+. The maximum Gasteiger partial charge on any atom is 0.599 e. The topological polar surface area (TPSA) is 41.2 Å². The maximum absolute atomic E-state index is 10.5. The van der Waals surface area contributed by atoms with E-state index >= 15 is 0 Å². The van der Waals surface area contributed by atoms with Crippen LogP contribution in [0.3, 0.4) is 0 Å². The van der Waals surface area contributed by atoms with E-state index in [0.29, 0.717) is 0 Å². The maximum atomic E-state index is 10.5. The molecule has 0 bridgehead atoms. The molecule has 11 heavy (non-hydrogen) atoms. The summed E-state index contributed by atoms with van der Waals surface area (Å²) >= 11 is 0. The predicted octanol–water partition coefficient (Wildman–Crippen LogP) is 1.06. The molecule has 0 fully saturated rings. The molecule has 0 aliphatic carbocycles. The second kappa shape index (κ2) is 3.14. The minimum absolute atomic E-state index is 0.729. The number of pyridine rings is 1. The Morgan fingerprint density at radius 3 is 2.82 bits per heavy atom. The van der Waals surface area contributed by atoms with Crippen molar-refractivity contribution < 1.29 is 14.5 Å². The van der Waals surface area contributed by atoms with Gasteiger partial charge in [-0.2, -0.15) is 4.79 Å². The largest absolute Gasteiger partial charge is 0.599 e. The Kier molecular flexibility index (Phi) is 2.21. The molecule has 1 aromatic rings. The Labute approximate surface area is 64.9 Å². The van der Waals surface area contributed by atoms with E-state index in [0.717, 1.165) is 12.1 Å². The van der Waals surface area contributed by atoms with E-state index in [2.05, 4.69) is 0 Å². The van der Waals surface area contributed by atoms with Gasteiger partial charge in [0.05, 0.1) is 0 Å². The monoisotopic (exact) mass is 152 g/mol. The van der Waals surface area contributed by atoms with Crippen LogP contribution in [0.15, 0.2) is 24.4 Å². The van der Waals surface area contributed by atoms with Gasteiger partial charge in [0, 0.05) is 18.6 Å². The molecule has 0 aliphatic rings. The van der Waals surface area contributed by atoms with Crippen molar-refractivity contribution >= 4 is 6.09 Å². The summed E-state index contributed by atoms with van der Waals surface area (Å²) in [5.74, 6) is 0. The molecular weight excluding hydrogens is 142 g/mol. The molecule has 1 rings (SSSR count). The summed E-state index contributed by atoms with van der Waals surface area (Å²) in [7, 11) is 0. The van der Waals surface area contributed by atoms with E-state index in [9.17, 15) is 4.79 Å². The average Bonchev–Trinajstić information content (AvgIpc) is 2.04. The third-order valence-corrected chi connectivity index (χ3v) is 1.51. The van der Waals surface area contributed by atoms with E-state index < -0.39 is 6.09 Å². The van der Waals surface area contributed by atoms with E-state index in [-0.39, 0.29) is 0 Å². The first-order valence-corrected chi connectivity index (χ1v) is 3.48. The van der Waals surface area contributed by atoms with Gasteiger partial charge in [-0.25, -0.2) is 0 Å². The van der Waals surface area contributed by atoms with Crippen molar-refractivity contribution in [1.82, 2.24) is 0 Å². The van der Waals surface area contributed by atoms with Crippen LogP contribution in [0.4, 0.5) is 4.79 Å². The number of carbonyl (C=O) groups is 1. The van der Waals surface area contributed by atoms with Gasteiger partial charge in [0.15, 0.2) is 11.9 Å². The molecule has 0 radical (unpaired) electrons. The fraction of sp³-hybridized carbons (Fsp3) is 0.250. The van der Waals surface area contributed by atoms with Crippen LogP contribution in [0.2, 0.25) is 0 Å². The lowest BCUT2D eigenvalue weighted by Gasteiger charge is -1.92. The zero-order valence-corrected chi connectivity index (χ0v) is 6.32. The Morgan fingerprint density at radius 2 is 2.36 bits per heavy atom. The molecule has 1 heterocycles. The van der Waals surface area contributed by atoms with Gasteiger partial charge in [-0.15, -0.1) is 0 Å². The Morgan fingerprint density at radius 1 is 1.64 bits per heavy atom. The van der Waals surface area contributed by atoms with Crippen molar-refractivity contribution in [3.05, 3.63) is 30.1 Å². The molecule has 0 amide bonds. The van der Waals surface area contributed by atoms with E-state index in [1.165, 1.54) is 4.57 Å². The molecule has 58 valence electrons. The predicted molar refractivity (Wildman–Crippen MR) is 39.4 cm³/mol. The van der Waals surface area contributed by atoms with Crippen LogP contribution in [0.5, 0.6) is 0 Å². The molecule has 3 nitrogen and oxygen atoms in total. The highest BCUT2D eigenvalue weighted by Crippen LogP contribution is 1.90. The second-order valence-corrected chi connectivity index (χ2v) is 2.20. The van der Waals surface area contributed by atoms with Crippen molar-refractivity contribution in [3.8, 4) is 0 Å². The second-order valence-electron chi connectivity index (χ2n) is 2.20. The molecule has 1 N–H and O–H groups in total. The quantitative estimate of drug-likeness (QED) is 0.611. The average molecular weight is 152 g/mol. The normalized spacial score (nSPS) is 9.55. The fourth-order valence-electron chi connectivity index (χ4n) is 0.953. The molecule has 0 aliphatic heterocycles. The van der Waals surface area contributed by atoms with Gasteiger partial charge < -0.3 is 5.11 Å². The third kappa shape index (κ3) is 1.55. The minimum atomic E-state index is -0.928. The lowest BCUT2D eigenvalue weighted by Crippen LogP contribution is -2.44. The summed E-state index contributed by atoms with van der Waals surface area (Å²) in [6, 6.07) is 5.33. The summed E-state index contributed by atoms with van der Waals surface area (Å²) in [5.41, 5.74) is 0.806. The molecule has 0 saturated carbocycles. The lowest BCUT2D eigenvalue weighted by molar-refractivity contribution is -0.592. The van der Waals surface area contributed by atoms with Gasteiger partial charge in [-0.3, -0.25) is 0 Å². The van der Waals surface area contributed by atoms with E-state index in [1.54, 1.807) is 18.3 Å². The van der Waals surface area contributed by atoms with Crippen molar-refractivity contribution in [1.29, 1.82) is 0 Å². The van der Waals surface area contributed by atoms with Crippen LogP contribution in [0, 0.1) is 0 Å². The fourth-order valence-corrected chi connectivity index (χ4v) is 0.953. The SMILES string of the molecule is CCc1cccc[n+]1C(=O)O. The van der Waals surface area contributed by atoms with Gasteiger partial charge in [0.2, 0.25) is 0 Å². The van der Waals surface area contributed by atoms with Gasteiger partial charge >= 0.3 is 6.09 Å². The zero-order chi connectivity index (χ0) is 8.27. The standard InChI is InChI=1S/C8H9NO2/c1-2-7-5-3-4-6-9(7)8(10)11/h3-6H,2H2,1H3/p+1. The van der Waals surface area contributed by atoms with Gasteiger partial charge in [-0.1, -0.05) is 17.6 Å². The van der Waals surface area contributed by atoms with Crippen LogP contribution >= 0.6 is 0 Å². The van der Waals surface area contributed by atoms with Crippen LogP contribution in [0.1, 0.15) is 12.6 Å². The van der Waals surface area contributed by atoms with Crippen molar-refractivity contribution in [2.24, 2.45) is 0 Å². The molecule has 0 aromatic carbocycles. The summed E-state index contributed by atoms with van der Waals surface area (Å²) in [5, 5.41) is 8.66. The number of nitrogens with zero attached hydrogens (tertiary/aromatic N) is 1. The smallest absolute Gasteiger partial charge is 0.427 e. The molecule has 0 unspecified atom stereocenters. The number of carboxylic acid groups (broad SMARTS) is 1. The van der Waals surface area contributed by atoms with Crippen LogP contribution in [-0.4, -0.2) is 11.2 Å². The van der Waals surface area contributed by atoms with Crippen molar-refractivity contribution in [3.63, 3.8) is 0 Å². The highest BCUT2D eigenvalue weighted by Gasteiger charge is 2.15. The van der Waals surface area contributed by atoms with Crippen LogP contribution < -0.4 is 4.57 Å². The first-order chi connectivity index (χ1) is 5.25. The summed E-state index contributed by atoms with van der Waals surface area (Å²) in [6.45, 7) is 1.93. The van der Waals surface area contributed by atoms with Crippen molar-refractivity contribution in [2.75, 3.05) is 0 Å². The molecule has 0 atom stereocenters. The Balaban J connectivity index is 3.12. The van der Waals surface area contributed by atoms with Gasteiger partial charge in [-0.05, 0) is 0 Å². The number of hydrogen-bond donors (Lipinski definition) is 1. The van der Waals surface area contributed by atoms with Crippen molar-refractivity contribution in [2.45, 2.75) is 13.3 Å². The molecule has 1 aromatic heterocycles. The van der Waals surface area contributed by atoms with Crippen LogP contribution in [-0.2, 0) is 6.42 Å². The summed E-state index contributed by atoms with van der Waals surface area (Å²) in [6.07, 6.45) is 1.34. The number of aromatic nitrogens is 1. The van der Waals surface area contributed by atoms with E-state index in [4.69, 9.17) is 5.11 Å². The van der Waals surface area contributed by atoms with E-state index in [1.807, 2.05) is 13.0 Å². The number of aryl methyl sites for hydroxylation is 1. The molecule has 0 spiro atoms. The van der Waals surface area contributed by atoms with Gasteiger partial charge in [0.25, 0.3) is 0 Å². The lowest BCUT2D eigenvalue weighted by atomic mass is 10.3. The Hall–Kier alpha value is -1.38. The first-order valence-electron chi connectivity index (χ1n) is 3.48. The Bertz CT molecular complexity index is 271. The summed E-state index contributed by atoms with van der Waals surface area (Å²) < 4.78 is 1.22. The number of rotatable bonds is 1. The highest BCUT2D eigenvalue weighted by molar-refractivity contribution is 5.53. The van der Waals surface area contributed by atoms with Crippen LogP contribution in [0.25, 0.3) is 0 Å². The first kappa shape index (κ1) is 7.72.